The Balaban J connectivity index is 1.56. The summed E-state index contributed by atoms with van der Waals surface area (Å²) in [7, 11) is -2.81. The summed E-state index contributed by atoms with van der Waals surface area (Å²) in [5, 5.41) is 11.7. The number of rotatable bonds is 7. The van der Waals surface area contributed by atoms with Crippen LogP contribution in [0.1, 0.15) is 34.3 Å². The van der Waals surface area contributed by atoms with Crippen molar-refractivity contribution in [3.63, 3.8) is 0 Å². The molecule has 4 aromatic rings. The van der Waals surface area contributed by atoms with Crippen molar-refractivity contribution in [2.24, 2.45) is 0 Å². The Labute approximate surface area is 229 Å². The fourth-order valence-corrected chi connectivity index (χ4v) is 6.68. The molecule has 0 radical (unpaired) electrons. The summed E-state index contributed by atoms with van der Waals surface area (Å²) in [4.78, 5) is 24.2. The first-order chi connectivity index (χ1) is 19.2. The largest absolute Gasteiger partial charge is 0.484 e. The molecule has 0 N–H and O–H groups in total. The number of carbonyl (C=O) groups excluding carboxylic acids is 1. The third-order valence-corrected chi connectivity index (χ3v) is 8.89. The lowest BCUT2D eigenvalue weighted by molar-refractivity contribution is -0.479. The number of hydrogen-bond donors (Lipinski definition) is 0. The van der Waals surface area contributed by atoms with Gasteiger partial charge in [-0.25, -0.2) is 12.4 Å². The smallest absolute Gasteiger partial charge is 0.317 e. The molecule has 1 aromatic heterocycles. The van der Waals surface area contributed by atoms with E-state index in [0.29, 0.717) is 39.3 Å². The number of aromatic nitrogens is 1. The molecule has 3 aromatic carbocycles. The second-order valence-corrected chi connectivity index (χ2v) is 11.4. The predicted octanol–water partition coefficient (Wildman–Crippen LogP) is 4.12. The van der Waals surface area contributed by atoms with Crippen molar-refractivity contribution < 1.29 is 37.1 Å². The van der Waals surface area contributed by atoms with Crippen LogP contribution in [0, 0.1) is 17.0 Å². The van der Waals surface area contributed by atoms with Gasteiger partial charge in [0, 0.05) is 28.5 Å². The monoisotopic (exact) mass is 564 g/mol. The molecular formula is C28H24N2O9S. The lowest BCUT2D eigenvalue weighted by Gasteiger charge is -2.18. The van der Waals surface area contributed by atoms with Gasteiger partial charge >= 0.3 is 5.97 Å². The number of carbonyl (C=O) groups is 1. The molecule has 0 bridgehead atoms. The van der Waals surface area contributed by atoms with Gasteiger partial charge in [0.05, 0.1) is 17.5 Å². The zero-order valence-corrected chi connectivity index (χ0v) is 22.3. The van der Waals surface area contributed by atoms with Crippen molar-refractivity contribution in [2.75, 3.05) is 20.4 Å². The van der Waals surface area contributed by atoms with Crippen LogP contribution in [0.15, 0.2) is 65.7 Å². The van der Waals surface area contributed by atoms with Crippen molar-refractivity contribution >= 4 is 26.9 Å². The van der Waals surface area contributed by atoms with E-state index < -0.39 is 39.5 Å². The van der Waals surface area contributed by atoms with E-state index in [2.05, 4.69) is 0 Å². The average Bonchev–Trinajstić information content (AvgIpc) is 3.66. The second kappa shape index (κ2) is 9.56. The zero-order chi connectivity index (χ0) is 28.2. The number of fused-ring (bicyclic) bond motifs is 4. The maximum atomic E-state index is 13.8. The van der Waals surface area contributed by atoms with Crippen LogP contribution in [0.2, 0.25) is 0 Å². The molecule has 11 nitrogen and oxygen atoms in total. The van der Waals surface area contributed by atoms with E-state index in [1.165, 1.54) is 25.4 Å². The SMILES string of the molecule is COC(=O)C1c2c(ccc3c2c(CC[N+](=O)[O-])cn3S(=O)(=O)c2ccc(C)cc2)OC1c1ccc2c(c1)OCO2. The van der Waals surface area contributed by atoms with Crippen molar-refractivity contribution in [1.82, 2.24) is 3.97 Å². The fraction of sp³-hybridized carbons (Fsp3) is 0.250. The number of benzene rings is 3. The van der Waals surface area contributed by atoms with Crippen LogP contribution in [0.3, 0.4) is 0 Å². The number of aryl methyl sites for hydroxylation is 1. The topological polar surface area (TPSA) is 136 Å². The van der Waals surface area contributed by atoms with Crippen molar-refractivity contribution in [3.8, 4) is 17.2 Å². The van der Waals surface area contributed by atoms with E-state index in [0.717, 1.165) is 9.54 Å². The Morgan fingerprint density at radius 1 is 1.07 bits per heavy atom. The minimum Gasteiger partial charge on any atom is -0.484 e. The van der Waals surface area contributed by atoms with Crippen LogP contribution in [-0.2, 0) is 26.0 Å². The van der Waals surface area contributed by atoms with Crippen LogP contribution < -0.4 is 14.2 Å². The fourth-order valence-electron chi connectivity index (χ4n) is 5.30. The van der Waals surface area contributed by atoms with Gasteiger partial charge in [0.1, 0.15) is 17.8 Å². The van der Waals surface area contributed by atoms with E-state index in [9.17, 15) is 23.3 Å². The van der Waals surface area contributed by atoms with Gasteiger partial charge in [-0.05, 0) is 54.4 Å². The number of esters is 1. The molecule has 6 rings (SSSR count). The quantitative estimate of drug-likeness (QED) is 0.184. The molecule has 0 fully saturated rings. The van der Waals surface area contributed by atoms with Gasteiger partial charge in [0.2, 0.25) is 13.3 Å². The summed E-state index contributed by atoms with van der Waals surface area (Å²) >= 11 is 0. The molecule has 12 heteroatoms. The van der Waals surface area contributed by atoms with Crippen LogP contribution >= 0.6 is 0 Å². The van der Waals surface area contributed by atoms with E-state index >= 15 is 0 Å². The van der Waals surface area contributed by atoms with Gasteiger partial charge in [-0.2, -0.15) is 0 Å². The lowest BCUT2D eigenvalue weighted by atomic mass is 9.88. The van der Waals surface area contributed by atoms with Crippen LogP contribution in [0.25, 0.3) is 10.9 Å². The molecule has 40 heavy (non-hydrogen) atoms. The van der Waals surface area contributed by atoms with Gasteiger partial charge in [-0.3, -0.25) is 14.9 Å². The van der Waals surface area contributed by atoms with Gasteiger partial charge < -0.3 is 18.9 Å². The van der Waals surface area contributed by atoms with Gasteiger partial charge in [0.25, 0.3) is 10.0 Å². The highest BCUT2D eigenvalue weighted by atomic mass is 32.2. The van der Waals surface area contributed by atoms with E-state index in [-0.39, 0.29) is 23.6 Å². The molecule has 0 saturated carbocycles. The highest BCUT2D eigenvalue weighted by Crippen LogP contribution is 2.52. The first-order valence-electron chi connectivity index (χ1n) is 12.4. The summed E-state index contributed by atoms with van der Waals surface area (Å²) in [6, 6.07) is 14.8. The molecule has 0 saturated heterocycles. The number of nitrogens with zero attached hydrogens (tertiary/aromatic N) is 2. The third kappa shape index (κ3) is 4.11. The summed E-state index contributed by atoms with van der Waals surface area (Å²) in [6.45, 7) is 1.50. The number of methoxy groups -OCH3 is 1. The number of hydrogen-bond acceptors (Lipinski definition) is 9. The van der Waals surface area contributed by atoms with E-state index in [1.807, 2.05) is 6.92 Å². The Morgan fingerprint density at radius 3 is 2.52 bits per heavy atom. The molecule has 3 heterocycles. The summed E-state index contributed by atoms with van der Waals surface area (Å²) in [5.41, 5.74) is 2.63. The van der Waals surface area contributed by atoms with Gasteiger partial charge in [-0.15, -0.1) is 0 Å². The third-order valence-electron chi connectivity index (χ3n) is 7.20. The van der Waals surface area contributed by atoms with Crippen LogP contribution in [0.5, 0.6) is 17.2 Å². The Hall–Kier alpha value is -4.58. The molecule has 2 aliphatic heterocycles. The van der Waals surface area contributed by atoms with Crippen molar-refractivity contribution in [1.29, 1.82) is 0 Å². The van der Waals surface area contributed by atoms with Crippen LogP contribution in [-0.4, -0.2) is 43.7 Å². The maximum Gasteiger partial charge on any atom is 0.317 e. The predicted molar refractivity (Wildman–Crippen MR) is 142 cm³/mol. The second-order valence-electron chi connectivity index (χ2n) is 9.60. The summed E-state index contributed by atoms with van der Waals surface area (Å²) < 4.78 is 51.0. The normalized spacial score (nSPS) is 17.4. The maximum absolute atomic E-state index is 13.8. The number of ether oxygens (including phenoxy) is 4. The summed E-state index contributed by atoms with van der Waals surface area (Å²) in [5.74, 6) is -0.136. The number of nitro groups is 1. The molecule has 2 unspecified atom stereocenters. The average molecular weight is 565 g/mol. The molecule has 0 spiro atoms. The molecule has 0 amide bonds. The van der Waals surface area contributed by atoms with E-state index in [4.69, 9.17) is 18.9 Å². The van der Waals surface area contributed by atoms with Crippen LogP contribution in [0.4, 0.5) is 0 Å². The first-order valence-corrected chi connectivity index (χ1v) is 13.9. The molecule has 2 atom stereocenters. The molecular weight excluding hydrogens is 540 g/mol. The molecule has 2 aliphatic rings. The Bertz CT molecular complexity index is 1780. The highest BCUT2D eigenvalue weighted by molar-refractivity contribution is 7.90. The van der Waals surface area contributed by atoms with Gasteiger partial charge in [0.15, 0.2) is 11.5 Å². The highest BCUT2D eigenvalue weighted by Gasteiger charge is 2.44. The van der Waals surface area contributed by atoms with Crippen molar-refractivity contribution in [3.05, 3.63) is 93.2 Å². The minimum absolute atomic E-state index is 0.0566. The Kier molecular flexibility index (Phi) is 6.14. The minimum atomic E-state index is -4.07. The van der Waals surface area contributed by atoms with Crippen molar-refractivity contribution in [2.45, 2.75) is 30.3 Å². The summed E-state index contributed by atoms with van der Waals surface area (Å²) in [6.07, 6.45) is 0.521. The van der Waals surface area contributed by atoms with Gasteiger partial charge in [-0.1, -0.05) is 23.8 Å². The van der Waals surface area contributed by atoms with E-state index in [1.54, 1.807) is 42.5 Å². The first kappa shape index (κ1) is 25.7. The molecule has 206 valence electrons. The zero-order valence-electron chi connectivity index (χ0n) is 21.5. The standard InChI is InChI=1S/C28H24N2O9S/c1-16-3-6-19(7-4-16)40(34,35)29-14-18(11-12-30(32)33)24-20(29)8-10-22-25(24)26(28(31)36-2)27(39-22)17-5-9-21-23(13-17)38-15-37-21/h3-10,13-14,26-27H,11-12,15H2,1-2H3. The molecule has 0 aliphatic carbocycles. The lowest BCUT2D eigenvalue weighted by Crippen LogP contribution is -2.20. The Morgan fingerprint density at radius 2 is 1.80 bits per heavy atom.